The molecule has 0 amide bonds. The van der Waals surface area contributed by atoms with Gasteiger partial charge in [-0.1, -0.05) is 121 Å². The molecule has 4 nitrogen and oxygen atoms in total. The van der Waals surface area contributed by atoms with E-state index >= 15 is 0 Å². The van der Waals surface area contributed by atoms with Gasteiger partial charge in [0.05, 0.1) is 11.0 Å². The second kappa shape index (κ2) is 10.5. The number of rotatable bonds is 4. The lowest BCUT2D eigenvalue weighted by Gasteiger charge is -2.10. The zero-order valence-electron chi connectivity index (χ0n) is 25.8. The Kier molecular flexibility index (Phi) is 5.84. The topological polar surface area (TPSA) is 43.9 Å². The number of fused-ring (bicyclic) bond motifs is 8. The molecule has 0 aliphatic heterocycles. The Balaban J connectivity index is 1.17. The largest absolute Gasteiger partial charge is 0.452 e. The van der Waals surface area contributed by atoms with Crippen molar-refractivity contribution >= 4 is 54.6 Å². The highest BCUT2D eigenvalue weighted by Crippen LogP contribution is 2.40. The maximum absolute atomic E-state index is 6.33. The van der Waals surface area contributed by atoms with Crippen LogP contribution in [-0.2, 0) is 0 Å². The summed E-state index contributed by atoms with van der Waals surface area (Å²) in [5.41, 5.74) is 10.9. The molecule has 0 radical (unpaired) electrons. The first kappa shape index (κ1) is 26.7. The van der Waals surface area contributed by atoms with E-state index in [0.717, 1.165) is 50.1 Å². The molecule has 0 spiro atoms. The van der Waals surface area contributed by atoms with Crippen LogP contribution in [0.4, 0.5) is 0 Å². The third-order valence-corrected chi connectivity index (χ3v) is 9.39. The van der Waals surface area contributed by atoms with Crippen LogP contribution >= 0.6 is 0 Å². The lowest BCUT2D eigenvalue weighted by molar-refractivity contribution is 0.667. The van der Waals surface area contributed by atoms with Crippen LogP contribution in [0.5, 0.6) is 0 Å². The summed E-state index contributed by atoms with van der Waals surface area (Å²) < 4.78 is 8.73. The number of benzene rings is 7. The normalized spacial score (nSPS) is 11.8. The van der Waals surface area contributed by atoms with Gasteiger partial charge >= 0.3 is 0 Å². The van der Waals surface area contributed by atoms with Gasteiger partial charge in [-0.2, -0.15) is 0 Å². The number of para-hydroxylation sites is 2. The van der Waals surface area contributed by atoms with Crippen molar-refractivity contribution in [3.63, 3.8) is 0 Å². The van der Waals surface area contributed by atoms with Gasteiger partial charge in [0.25, 0.3) is 0 Å². The van der Waals surface area contributed by atoms with E-state index in [9.17, 15) is 0 Å². The monoisotopic (exact) mass is 613 g/mol. The SMILES string of the molecule is c1ccc(-c2nc(-c3cccc(-c4ccc5c(c4)c4ccc6ccccc6c4n5-c4ccccc4)c3)nc3c2oc2ccccc23)cc1. The Bertz CT molecular complexity index is 2830. The van der Waals surface area contributed by atoms with Gasteiger partial charge in [-0.15, -0.1) is 0 Å². The molecule has 7 aromatic carbocycles. The fourth-order valence-corrected chi connectivity index (χ4v) is 7.15. The molecule has 0 bridgehead atoms. The van der Waals surface area contributed by atoms with Crippen molar-refractivity contribution in [1.29, 1.82) is 0 Å². The van der Waals surface area contributed by atoms with Crippen LogP contribution in [-0.4, -0.2) is 14.5 Å². The standard InChI is InChI=1S/C44H27N3O/c1-3-13-29(14-4-1)40-43-41(36-20-9-10-21-39(36)48-43)46-44(45-40)32-16-11-15-30(26-32)31-23-25-38-37(27-31)35-24-22-28-12-7-8-19-34(28)42(35)47(38)33-17-5-2-6-18-33/h1-27H. The van der Waals surface area contributed by atoms with Gasteiger partial charge in [-0.25, -0.2) is 9.97 Å². The fourth-order valence-electron chi connectivity index (χ4n) is 7.15. The first-order valence-electron chi connectivity index (χ1n) is 16.2. The average molecular weight is 614 g/mol. The molecule has 0 saturated heterocycles. The van der Waals surface area contributed by atoms with Gasteiger partial charge in [0.15, 0.2) is 11.4 Å². The Hall–Kier alpha value is -6.52. The van der Waals surface area contributed by atoms with E-state index < -0.39 is 0 Å². The lowest BCUT2D eigenvalue weighted by atomic mass is 9.99. The summed E-state index contributed by atoms with van der Waals surface area (Å²) in [7, 11) is 0. The van der Waals surface area contributed by atoms with Gasteiger partial charge in [-0.05, 0) is 59.0 Å². The predicted molar refractivity (Wildman–Crippen MR) is 197 cm³/mol. The number of aromatic nitrogens is 3. The molecule has 0 aliphatic carbocycles. The summed E-state index contributed by atoms with van der Waals surface area (Å²) in [4.78, 5) is 10.2. The molecule has 48 heavy (non-hydrogen) atoms. The van der Waals surface area contributed by atoms with Crippen molar-refractivity contribution in [3.05, 3.63) is 164 Å². The number of hydrogen-bond acceptors (Lipinski definition) is 3. The number of nitrogens with zero attached hydrogens (tertiary/aromatic N) is 3. The molecule has 0 unspecified atom stereocenters. The minimum atomic E-state index is 0.669. The molecule has 0 aliphatic rings. The molecular formula is C44H27N3O. The van der Waals surface area contributed by atoms with Crippen LogP contribution in [0.25, 0.3) is 94.1 Å². The van der Waals surface area contributed by atoms with Crippen molar-refractivity contribution in [1.82, 2.24) is 14.5 Å². The van der Waals surface area contributed by atoms with E-state index in [1.807, 2.05) is 36.4 Å². The molecule has 3 aromatic heterocycles. The van der Waals surface area contributed by atoms with E-state index in [-0.39, 0.29) is 0 Å². The average Bonchev–Trinajstić information content (AvgIpc) is 3.71. The molecule has 0 N–H and O–H groups in total. The van der Waals surface area contributed by atoms with Crippen molar-refractivity contribution in [3.8, 4) is 39.5 Å². The highest BCUT2D eigenvalue weighted by atomic mass is 16.3. The minimum Gasteiger partial charge on any atom is -0.452 e. The van der Waals surface area contributed by atoms with Gasteiger partial charge in [0, 0.05) is 38.4 Å². The summed E-state index contributed by atoms with van der Waals surface area (Å²) in [6.07, 6.45) is 0. The second-order valence-corrected chi connectivity index (χ2v) is 12.2. The van der Waals surface area contributed by atoms with Crippen molar-refractivity contribution < 1.29 is 4.42 Å². The second-order valence-electron chi connectivity index (χ2n) is 12.2. The molecule has 4 heteroatoms. The van der Waals surface area contributed by atoms with Gasteiger partial charge in [-0.3, -0.25) is 0 Å². The first-order valence-corrected chi connectivity index (χ1v) is 16.2. The van der Waals surface area contributed by atoms with Crippen LogP contribution in [0, 0.1) is 0 Å². The van der Waals surface area contributed by atoms with Gasteiger partial charge < -0.3 is 8.98 Å². The Labute approximate surface area is 276 Å². The van der Waals surface area contributed by atoms with Crippen LogP contribution in [0.2, 0.25) is 0 Å². The maximum atomic E-state index is 6.33. The lowest BCUT2D eigenvalue weighted by Crippen LogP contribution is -1.94. The Morgan fingerprint density at radius 1 is 0.458 bits per heavy atom. The van der Waals surface area contributed by atoms with Crippen LogP contribution < -0.4 is 0 Å². The number of hydrogen-bond donors (Lipinski definition) is 0. The zero-order valence-corrected chi connectivity index (χ0v) is 25.8. The van der Waals surface area contributed by atoms with Crippen LogP contribution in [0.1, 0.15) is 0 Å². The highest BCUT2D eigenvalue weighted by molar-refractivity contribution is 6.19. The van der Waals surface area contributed by atoms with E-state index in [0.29, 0.717) is 11.4 Å². The highest BCUT2D eigenvalue weighted by Gasteiger charge is 2.19. The van der Waals surface area contributed by atoms with Crippen molar-refractivity contribution in [2.45, 2.75) is 0 Å². The van der Waals surface area contributed by atoms with E-state index in [1.165, 1.54) is 32.6 Å². The smallest absolute Gasteiger partial charge is 0.180 e. The van der Waals surface area contributed by atoms with Crippen LogP contribution in [0.3, 0.4) is 0 Å². The van der Waals surface area contributed by atoms with Crippen LogP contribution in [0.15, 0.2) is 168 Å². The quantitative estimate of drug-likeness (QED) is 0.198. The molecule has 224 valence electrons. The molecule has 3 heterocycles. The predicted octanol–water partition coefficient (Wildman–Crippen LogP) is 11.6. The van der Waals surface area contributed by atoms with Crippen molar-refractivity contribution in [2.24, 2.45) is 0 Å². The number of furan rings is 1. The molecular weight excluding hydrogens is 587 g/mol. The molecule has 10 aromatic rings. The van der Waals surface area contributed by atoms with E-state index in [2.05, 4.69) is 132 Å². The van der Waals surface area contributed by atoms with E-state index in [1.54, 1.807) is 0 Å². The third-order valence-electron chi connectivity index (χ3n) is 9.39. The summed E-state index contributed by atoms with van der Waals surface area (Å²) in [6, 6.07) is 57.4. The zero-order chi connectivity index (χ0) is 31.6. The van der Waals surface area contributed by atoms with Gasteiger partial charge in [0.2, 0.25) is 0 Å². The minimum absolute atomic E-state index is 0.669. The fraction of sp³-hybridized carbons (Fsp3) is 0. The molecule has 0 fully saturated rings. The first-order chi connectivity index (χ1) is 23.8. The summed E-state index contributed by atoms with van der Waals surface area (Å²) in [6.45, 7) is 0. The summed E-state index contributed by atoms with van der Waals surface area (Å²) in [5.74, 6) is 0.669. The van der Waals surface area contributed by atoms with Crippen molar-refractivity contribution in [2.75, 3.05) is 0 Å². The molecule has 0 saturated carbocycles. The Morgan fingerprint density at radius 3 is 2.04 bits per heavy atom. The molecule has 10 rings (SSSR count). The maximum Gasteiger partial charge on any atom is 0.180 e. The Morgan fingerprint density at radius 2 is 1.17 bits per heavy atom. The van der Waals surface area contributed by atoms with E-state index in [4.69, 9.17) is 14.4 Å². The molecule has 0 atom stereocenters. The summed E-state index contributed by atoms with van der Waals surface area (Å²) >= 11 is 0. The third kappa shape index (κ3) is 4.10. The summed E-state index contributed by atoms with van der Waals surface area (Å²) in [5, 5.41) is 5.91. The van der Waals surface area contributed by atoms with Gasteiger partial charge in [0.1, 0.15) is 16.8 Å².